The average molecular weight is 230 g/mol. The van der Waals surface area contributed by atoms with Crippen LogP contribution in [-0.2, 0) is 9.53 Å². The molecule has 0 aromatic rings. The Bertz CT molecular complexity index is 270. The molecule has 1 aliphatic rings. The van der Waals surface area contributed by atoms with Crippen LogP contribution in [0.3, 0.4) is 0 Å². The molecule has 2 N–H and O–H groups in total. The molecule has 0 radical (unpaired) electrons. The molecule has 2 unspecified atom stereocenters. The van der Waals surface area contributed by atoms with Crippen molar-refractivity contribution in [3.05, 3.63) is 0 Å². The first-order valence-electron chi connectivity index (χ1n) is 5.38. The third-order valence-electron chi connectivity index (χ3n) is 2.51. The number of amides is 2. The lowest BCUT2D eigenvalue weighted by Gasteiger charge is -2.31. The molecule has 6 nitrogen and oxygen atoms in total. The summed E-state index contributed by atoms with van der Waals surface area (Å²) in [5, 5.41) is 11.3. The van der Waals surface area contributed by atoms with E-state index in [2.05, 4.69) is 5.32 Å². The third kappa shape index (κ3) is 3.69. The molecule has 0 spiro atoms. The predicted molar refractivity (Wildman–Crippen MR) is 57.2 cm³/mol. The molecule has 1 rings (SSSR count). The number of nitrogens with zero attached hydrogens (tertiary/aromatic N) is 1. The first kappa shape index (κ1) is 12.8. The number of rotatable bonds is 3. The van der Waals surface area contributed by atoms with Crippen LogP contribution in [0.1, 0.15) is 13.8 Å². The van der Waals surface area contributed by atoms with Crippen molar-refractivity contribution < 1.29 is 19.4 Å². The maximum atomic E-state index is 11.6. The lowest BCUT2D eigenvalue weighted by Crippen LogP contribution is -2.49. The van der Waals surface area contributed by atoms with Gasteiger partial charge in [0.2, 0.25) is 0 Å². The Hall–Kier alpha value is -1.30. The highest BCUT2D eigenvalue weighted by atomic mass is 16.5. The minimum Gasteiger partial charge on any atom is -0.481 e. The number of hydrogen-bond donors (Lipinski definition) is 2. The summed E-state index contributed by atoms with van der Waals surface area (Å²) in [5.74, 6) is -1.47. The lowest BCUT2D eigenvalue weighted by molar-refractivity contribution is -0.140. The molecule has 0 aromatic carbocycles. The second-order valence-electron chi connectivity index (χ2n) is 4.05. The van der Waals surface area contributed by atoms with Gasteiger partial charge >= 0.3 is 12.0 Å². The van der Waals surface area contributed by atoms with Crippen molar-refractivity contribution in [2.75, 3.05) is 26.2 Å². The second kappa shape index (κ2) is 5.69. The van der Waals surface area contributed by atoms with Crippen molar-refractivity contribution in [1.29, 1.82) is 0 Å². The van der Waals surface area contributed by atoms with Crippen LogP contribution in [0.25, 0.3) is 0 Å². The molecule has 0 bridgehead atoms. The van der Waals surface area contributed by atoms with E-state index < -0.39 is 11.9 Å². The molecule has 16 heavy (non-hydrogen) atoms. The summed E-state index contributed by atoms with van der Waals surface area (Å²) in [4.78, 5) is 23.8. The normalized spacial score (nSPS) is 22.6. The molecular weight excluding hydrogens is 212 g/mol. The minimum atomic E-state index is -0.907. The van der Waals surface area contributed by atoms with Crippen LogP contribution >= 0.6 is 0 Å². The topological polar surface area (TPSA) is 78.9 Å². The van der Waals surface area contributed by atoms with Gasteiger partial charge in [0.25, 0.3) is 0 Å². The largest absolute Gasteiger partial charge is 0.481 e. The molecule has 1 fully saturated rings. The van der Waals surface area contributed by atoms with E-state index in [-0.39, 0.29) is 18.7 Å². The van der Waals surface area contributed by atoms with Crippen LogP contribution < -0.4 is 5.32 Å². The van der Waals surface area contributed by atoms with Gasteiger partial charge in [-0.15, -0.1) is 0 Å². The first-order valence-corrected chi connectivity index (χ1v) is 5.38. The zero-order valence-electron chi connectivity index (χ0n) is 9.60. The number of carbonyl (C=O) groups excluding carboxylic acids is 1. The van der Waals surface area contributed by atoms with Crippen LogP contribution in [0, 0.1) is 5.92 Å². The van der Waals surface area contributed by atoms with Crippen molar-refractivity contribution in [3.8, 4) is 0 Å². The highest BCUT2D eigenvalue weighted by Gasteiger charge is 2.22. The number of aliphatic carboxylic acids is 1. The summed E-state index contributed by atoms with van der Waals surface area (Å²) < 4.78 is 5.31. The van der Waals surface area contributed by atoms with Gasteiger partial charge in [-0.1, -0.05) is 6.92 Å². The lowest BCUT2D eigenvalue weighted by atomic mass is 10.2. The van der Waals surface area contributed by atoms with Crippen LogP contribution in [0.5, 0.6) is 0 Å². The second-order valence-corrected chi connectivity index (χ2v) is 4.05. The zero-order valence-corrected chi connectivity index (χ0v) is 9.60. The van der Waals surface area contributed by atoms with Crippen molar-refractivity contribution in [1.82, 2.24) is 10.2 Å². The molecule has 0 aromatic heterocycles. The zero-order chi connectivity index (χ0) is 12.1. The Morgan fingerprint density at radius 1 is 1.62 bits per heavy atom. The highest BCUT2D eigenvalue weighted by molar-refractivity contribution is 5.76. The van der Waals surface area contributed by atoms with Gasteiger partial charge in [0.05, 0.1) is 18.6 Å². The van der Waals surface area contributed by atoms with Crippen molar-refractivity contribution in [3.63, 3.8) is 0 Å². The number of morpholine rings is 1. The molecular formula is C10H18N2O4. The Balaban J connectivity index is 2.31. The van der Waals surface area contributed by atoms with Gasteiger partial charge in [-0.2, -0.15) is 0 Å². The number of ether oxygens (including phenoxy) is 1. The average Bonchev–Trinajstić information content (AvgIpc) is 2.25. The molecule has 0 saturated carbocycles. The fourth-order valence-electron chi connectivity index (χ4n) is 1.44. The molecule has 2 amide bonds. The maximum Gasteiger partial charge on any atom is 0.317 e. The molecule has 92 valence electrons. The standard InChI is InChI=1S/C10H18N2O4/c1-7(9(13)14)5-11-10(15)12-3-4-16-8(2)6-12/h7-8H,3-6H2,1-2H3,(H,11,15)(H,13,14). The van der Waals surface area contributed by atoms with E-state index >= 15 is 0 Å². The van der Waals surface area contributed by atoms with Gasteiger partial charge in [-0.05, 0) is 6.92 Å². The maximum absolute atomic E-state index is 11.6. The Morgan fingerprint density at radius 2 is 2.31 bits per heavy atom. The van der Waals surface area contributed by atoms with Crippen LogP contribution in [0.4, 0.5) is 4.79 Å². The minimum absolute atomic E-state index is 0.0383. The number of nitrogens with one attached hydrogen (secondary N) is 1. The predicted octanol–water partition coefficient (Wildman–Crippen LogP) is 0.137. The van der Waals surface area contributed by atoms with E-state index in [9.17, 15) is 9.59 Å². The molecule has 6 heteroatoms. The summed E-state index contributed by atoms with van der Waals surface area (Å²) in [6.45, 7) is 5.25. The summed E-state index contributed by atoms with van der Waals surface area (Å²) in [7, 11) is 0. The third-order valence-corrected chi connectivity index (χ3v) is 2.51. The fraction of sp³-hybridized carbons (Fsp3) is 0.800. The number of carboxylic acids is 1. The summed E-state index contributed by atoms with van der Waals surface area (Å²) in [5.41, 5.74) is 0. The Morgan fingerprint density at radius 3 is 2.88 bits per heavy atom. The van der Waals surface area contributed by atoms with Crippen molar-refractivity contribution in [2.45, 2.75) is 20.0 Å². The first-order chi connectivity index (χ1) is 7.50. The monoisotopic (exact) mass is 230 g/mol. The van der Waals surface area contributed by atoms with E-state index in [1.807, 2.05) is 6.92 Å². The molecule has 1 heterocycles. The quantitative estimate of drug-likeness (QED) is 0.722. The van der Waals surface area contributed by atoms with Crippen molar-refractivity contribution in [2.24, 2.45) is 5.92 Å². The van der Waals surface area contributed by atoms with Crippen LogP contribution in [-0.4, -0.2) is 54.4 Å². The van der Waals surface area contributed by atoms with Crippen molar-refractivity contribution >= 4 is 12.0 Å². The number of carboxylic acid groups (broad SMARTS) is 1. The van der Waals surface area contributed by atoms with Crippen LogP contribution in [0.15, 0.2) is 0 Å². The van der Waals surface area contributed by atoms with Gasteiger partial charge in [0.15, 0.2) is 0 Å². The molecule has 1 aliphatic heterocycles. The number of carbonyl (C=O) groups is 2. The Labute approximate surface area is 94.6 Å². The van der Waals surface area contributed by atoms with E-state index in [1.165, 1.54) is 0 Å². The van der Waals surface area contributed by atoms with E-state index in [0.717, 1.165) is 0 Å². The van der Waals surface area contributed by atoms with Gasteiger partial charge in [0, 0.05) is 19.6 Å². The van der Waals surface area contributed by atoms with E-state index in [1.54, 1.807) is 11.8 Å². The molecule has 1 saturated heterocycles. The summed E-state index contributed by atoms with van der Waals surface area (Å²) >= 11 is 0. The molecule has 2 atom stereocenters. The van der Waals surface area contributed by atoms with Gasteiger partial charge in [-0.25, -0.2) is 4.79 Å². The van der Waals surface area contributed by atoms with E-state index in [4.69, 9.17) is 9.84 Å². The van der Waals surface area contributed by atoms with Gasteiger partial charge < -0.3 is 20.1 Å². The number of hydrogen-bond acceptors (Lipinski definition) is 3. The smallest absolute Gasteiger partial charge is 0.317 e. The SMILES string of the molecule is CC1CN(C(=O)NCC(C)C(=O)O)CCO1. The number of urea groups is 1. The fourth-order valence-corrected chi connectivity index (χ4v) is 1.44. The Kier molecular flexibility index (Phi) is 4.54. The molecule has 0 aliphatic carbocycles. The van der Waals surface area contributed by atoms with Crippen LogP contribution in [0.2, 0.25) is 0 Å². The van der Waals surface area contributed by atoms with Gasteiger partial charge in [0.1, 0.15) is 0 Å². The van der Waals surface area contributed by atoms with E-state index in [0.29, 0.717) is 19.7 Å². The highest BCUT2D eigenvalue weighted by Crippen LogP contribution is 2.04. The summed E-state index contributed by atoms with van der Waals surface area (Å²) in [6, 6.07) is -0.219. The van der Waals surface area contributed by atoms with Gasteiger partial charge in [-0.3, -0.25) is 4.79 Å². The summed E-state index contributed by atoms with van der Waals surface area (Å²) in [6.07, 6.45) is 0.0383.